The van der Waals surface area contributed by atoms with Gasteiger partial charge in [-0.1, -0.05) is 6.07 Å². The molecule has 0 saturated heterocycles. The number of aromatic nitrogens is 4. The van der Waals surface area contributed by atoms with Gasteiger partial charge in [-0.05, 0) is 36.8 Å². The van der Waals surface area contributed by atoms with E-state index in [9.17, 15) is 24.1 Å². The van der Waals surface area contributed by atoms with Crippen molar-refractivity contribution in [1.82, 2.24) is 19.5 Å². The van der Waals surface area contributed by atoms with Crippen molar-refractivity contribution in [3.63, 3.8) is 0 Å². The largest absolute Gasteiger partial charge is 0.382 e. The van der Waals surface area contributed by atoms with Gasteiger partial charge < -0.3 is 16.8 Å². The molecule has 2 aromatic heterocycles. The minimum absolute atomic E-state index is 0.0332. The number of nitriles is 2. The number of hydrogen-bond donors (Lipinski definition) is 3. The summed E-state index contributed by atoms with van der Waals surface area (Å²) >= 11 is 0. The van der Waals surface area contributed by atoms with Crippen LogP contribution in [-0.2, 0) is 6.42 Å². The van der Waals surface area contributed by atoms with Gasteiger partial charge in [0.25, 0.3) is 5.56 Å². The van der Waals surface area contributed by atoms with Crippen molar-refractivity contribution in [2.75, 3.05) is 23.3 Å². The van der Waals surface area contributed by atoms with Crippen LogP contribution in [-0.4, -0.2) is 26.1 Å². The summed E-state index contributed by atoms with van der Waals surface area (Å²) in [6.45, 7) is 0.252. The van der Waals surface area contributed by atoms with Crippen LogP contribution < -0.4 is 22.3 Å². The lowest BCUT2D eigenvalue weighted by Crippen LogP contribution is -2.25. The van der Waals surface area contributed by atoms with E-state index in [4.69, 9.17) is 11.5 Å². The minimum atomic E-state index is -0.903. The smallest absolute Gasteiger partial charge is 0.269 e. The van der Waals surface area contributed by atoms with Crippen molar-refractivity contribution in [3.05, 3.63) is 75.3 Å². The molecule has 0 aliphatic heterocycles. The lowest BCUT2D eigenvalue weighted by molar-refractivity contribution is 0.610. The normalized spacial score (nSPS) is 10.6. The van der Waals surface area contributed by atoms with Crippen molar-refractivity contribution < 1.29 is 8.78 Å². The van der Waals surface area contributed by atoms with Crippen molar-refractivity contribution in [1.29, 1.82) is 10.5 Å². The number of halogens is 2. The first-order chi connectivity index (χ1) is 16.8. The van der Waals surface area contributed by atoms with Gasteiger partial charge in [-0.15, -0.1) is 0 Å². The third-order valence-electron chi connectivity index (χ3n) is 5.16. The van der Waals surface area contributed by atoms with Crippen molar-refractivity contribution >= 4 is 28.5 Å². The summed E-state index contributed by atoms with van der Waals surface area (Å²) in [5.41, 5.74) is 10.7. The fourth-order valence-corrected chi connectivity index (χ4v) is 3.60. The van der Waals surface area contributed by atoms with Gasteiger partial charge in [0.1, 0.15) is 45.8 Å². The van der Waals surface area contributed by atoms with Gasteiger partial charge >= 0.3 is 0 Å². The third-order valence-corrected chi connectivity index (χ3v) is 5.16. The molecule has 0 fully saturated rings. The maximum atomic E-state index is 14.5. The van der Waals surface area contributed by atoms with Gasteiger partial charge in [0, 0.05) is 13.0 Å². The lowest BCUT2D eigenvalue weighted by atomic mass is 10.1. The van der Waals surface area contributed by atoms with E-state index in [2.05, 4.69) is 20.3 Å². The average molecular weight is 473 g/mol. The number of nitrogens with one attached hydrogen (secondary N) is 1. The molecule has 0 radical (unpaired) electrons. The second kappa shape index (κ2) is 9.41. The van der Waals surface area contributed by atoms with Gasteiger partial charge in [-0.25, -0.2) is 13.8 Å². The molecule has 0 spiro atoms. The van der Waals surface area contributed by atoms with Crippen LogP contribution in [0.4, 0.5) is 26.4 Å². The Labute approximate surface area is 197 Å². The molecule has 0 bridgehead atoms. The highest BCUT2D eigenvalue weighted by Crippen LogP contribution is 2.21. The number of nitrogens with zero attached hydrogens (tertiary/aromatic N) is 6. The molecule has 5 N–H and O–H groups in total. The van der Waals surface area contributed by atoms with E-state index in [1.54, 1.807) is 18.2 Å². The number of rotatable bonds is 6. The van der Waals surface area contributed by atoms with Crippen molar-refractivity contribution in [2.24, 2.45) is 0 Å². The van der Waals surface area contributed by atoms with Gasteiger partial charge in [0.15, 0.2) is 5.82 Å². The van der Waals surface area contributed by atoms with Crippen molar-refractivity contribution in [3.8, 4) is 17.8 Å². The highest BCUT2D eigenvalue weighted by atomic mass is 19.1. The summed E-state index contributed by atoms with van der Waals surface area (Å²) in [6.07, 6.45) is 0.504. The number of anilines is 3. The van der Waals surface area contributed by atoms with E-state index in [0.29, 0.717) is 6.42 Å². The van der Waals surface area contributed by atoms with Crippen LogP contribution in [0.2, 0.25) is 0 Å². The number of benzene rings is 2. The fourth-order valence-electron chi connectivity index (χ4n) is 3.60. The monoisotopic (exact) mass is 473 g/mol. The first-order valence-electron chi connectivity index (χ1n) is 10.3. The van der Waals surface area contributed by atoms with Crippen LogP contribution in [0.5, 0.6) is 0 Å². The molecule has 0 saturated carbocycles. The average Bonchev–Trinajstić information content (AvgIpc) is 2.83. The summed E-state index contributed by atoms with van der Waals surface area (Å²) in [6, 6.07) is 11.8. The molecule has 0 aliphatic carbocycles. The maximum Gasteiger partial charge on any atom is 0.269 e. The molecular weight excluding hydrogens is 456 g/mol. The van der Waals surface area contributed by atoms with Crippen LogP contribution in [0, 0.1) is 34.3 Å². The highest BCUT2D eigenvalue weighted by Gasteiger charge is 2.19. The molecule has 2 aromatic carbocycles. The zero-order valence-corrected chi connectivity index (χ0v) is 18.1. The predicted octanol–water partition coefficient (Wildman–Crippen LogP) is 2.41. The van der Waals surface area contributed by atoms with Crippen LogP contribution in [0.15, 0.2) is 41.2 Å². The molecule has 35 heavy (non-hydrogen) atoms. The molecule has 2 heterocycles. The van der Waals surface area contributed by atoms with E-state index in [1.165, 1.54) is 6.07 Å². The van der Waals surface area contributed by atoms with Crippen LogP contribution in [0.3, 0.4) is 0 Å². The Morgan fingerprint density at radius 1 is 1.03 bits per heavy atom. The Morgan fingerprint density at radius 2 is 1.80 bits per heavy atom. The minimum Gasteiger partial charge on any atom is -0.382 e. The topological polar surface area (TPSA) is 172 Å². The lowest BCUT2D eigenvalue weighted by Gasteiger charge is -2.15. The zero-order valence-electron chi connectivity index (χ0n) is 18.1. The van der Waals surface area contributed by atoms with Gasteiger partial charge in [0.05, 0.1) is 17.3 Å². The number of nitrogen functional groups attached to an aromatic ring is 2. The van der Waals surface area contributed by atoms with Crippen LogP contribution in [0.25, 0.3) is 16.6 Å². The summed E-state index contributed by atoms with van der Waals surface area (Å²) in [5, 5.41) is 21.0. The zero-order chi connectivity index (χ0) is 25.1. The highest BCUT2D eigenvalue weighted by molar-refractivity contribution is 5.79. The quantitative estimate of drug-likeness (QED) is 0.355. The summed E-state index contributed by atoms with van der Waals surface area (Å²) in [5.74, 6) is -1.60. The second-order valence-corrected chi connectivity index (χ2v) is 7.42. The van der Waals surface area contributed by atoms with Gasteiger partial charge in [0.2, 0.25) is 5.95 Å². The Morgan fingerprint density at radius 3 is 2.54 bits per heavy atom. The van der Waals surface area contributed by atoms with E-state index < -0.39 is 22.6 Å². The van der Waals surface area contributed by atoms with Crippen molar-refractivity contribution in [2.45, 2.75) is 12.8 Å². The fraction of sp³-hybridized carbons (Fsp3) is 0.130. The Bertz CT molecular complexity index is 1600. The maximum absolute atomic E-state index is 14.5. The Hall–Kier alpha value is -5.10. The molecule has 0 atom stereocenters. The molecular formula is C23H17F2N9O. The molecule has 0 unspecified atom stereocenters. The Kier molecular flexibility index (Phi) is 6.20. The first-order valence-corrected chi connectivity index (χ1v) is 10.3. The molecule has 12 heteroatoms. The SMILES string of the molecule is N#Cc1cccc(-n2c(CCCNc3nc(N)nc(N)c3C#N)nc3c(F)ccc(F)c3c2=O)c1. The summed E-state index contributed by atoms with van der Waals surface area (Å²) in [4.78, 5) is 25.2. The number of aryl methyl sites for hydroxylation is 1. The third kappa shape index (κ3) is 4.41. The first kappa shape index (κ1) is 23.1. The predicted molar refractivity (Wildman–Crippen MR) is 124 cm³/mol. The van der Waals surface area contributed by atoms with E-state index in [-0.39, 0.29) is 58.7 Å². The van der Waals surface area contributed by atoms with Crippen LogP contribution in [0.1, 0.15) is 23.4 Å². The van der Waals surface area contributed by atoms with E-state index in [1.807, 2.05) is 12.1 Å². The second-order valence-electron chi connectivity index (χ2n) is 7.42. The van der Waals surface area contributed by atoms with E-state index in [0.717, 1.165) is 16.7 Å². The van der Waals surface area contributed by atoms with Crippen LogP contribution >= 0.6 is 0 Å². The molecule has 4 aromatic rings. The molecule has 174 valence electrons. The van der Waals surface area contributed by atoms with E-state index >= 15 is 0 Å². The molecule has 4 rings (SSSR count). The molecule has 0 aliphatic rings. The summed E-state index contributed by atoms with van der Waals surface area (Å²) < 4.78 is 30.1. The molecule has 10 nitrogen and oxygen atoms in total. The molecule has 0 amide bonds. The summed E-state index contributed by atoms with van der Waals surface area (Å²) in [7, 11) is 0. The van der Waals surface area contributed by atoms with Gasteiger partial charge in [-0.3, -0.25) is 9.36 Å². The number of fused-ring (bicyclic) bond motifs is 1. The Balaban J connectivity index is 1.72. The standard InChI is InChI=1S/C23H17F2N9O/c24-15-6-7-16(25)19-18(15)22(35)34(13-4-1-3-12(9-13)10-26)17(31-19)5-2-8-30-21-14(11-27)20(28)32-23(29)33-21/h1,3-4,6-7,9H,2,5,8H2,(H5,28,29,30,32,33). The number of hydrogen-bond acceptors (Lipinski definition) is 9. The van der Waals surface area contributed by atoms with Gasteiger partial charge in [-0.2, -0.15) is 20.5 Å². The number of nitrogens with two attached hydrogens (primary N) is 2.